The van der Waals surface area contributed by atoms with Crippen molar-refractivity contribution in [1.82, 2.24) is 14.5 Å². The molecule has 28 heavy (non-hydrogen) atoms. The highest BCUT2D eigenvalue weighted by Gasteiger charge is 2.38. The smallest absolute Gasteiger partial charge is 0.145 e. The average Bonchev–Trinajstić information content (AvgIpc) is 2.97. The highest BCUT2D eigenvalue weighted by Crippen LogP contribution is 2.54. The van der Waals surface area contributed by atoms with Crippen LogP contribution >= 0.6 is 0 Å². The van der Waals surface area contributed by atoms with E-state index in [0.717, 1.165) is 15.6 Å². The van der Waals surface area contributed by atoms with E-state index < -0.39 is 0 Å². The molecule has 0 saturated carbocycles. The van der Waals surface area contributed by atoms with Crippen LogP contribution in [0.15, 0.2) is 79.4 Å². The van der Waals surface area contributed by atoms with Crippen LogP contribution in [0, 0.1) is 6.92 Å². The Hall–Kier alpha value is -3.30. The zero-order chi connectivity index (χ0) is 19.3. The molecule has 0 unspecified atom stereocenters. The third kappa shape index (κ3) is 2.40. The van der Waals surface area contributed by atoms with Crippen molar-refractivity contribution < 1.29 is 0 Å². The van der Waals surface area contributed by atoms with Gasteiger partial charge in [0.15, 0.2) is 0 Å². The molecule has 0 saturated heterocycles. The van der Waals surface area contributed by atoms with Crippen LogP contribution in [0.3, 0.4) is 0 Å². The zero-order valence-electron chi connectivity index (χ0n) is 16.3. The lowest BCUT2D eigenvalue weighted by molar-refractivity contribution is 0.568. The predicted molar refractivity (Wildman–Crippen MR) is 116 cm³/mol. The number of quaternary nitrogens is 1. The van der Waals surface area contributed by atoms with Gasteiger partial charge < -0.3 is 0 Å². The first kappa shape index (κ1) is 16.8. The van der Waals surface area contributed by atoms with Crippen molar-refractivity contribution in [1.29, 1.82) is 0 Å². The number of hydrogen-bond acceptors (Lipinski definition) is 2. The van der Waals surface area contributed by atoms with Gasteiger partial charge in [-0.3, -0.25) is 14.5 Å². The summed E-state index contributed by atoms with van der Waals surface area (Å²) in [5.41, 5.74) is 11.4. The van der Waals surface area contributed by atoms with Gasteiger partial charge in [0.25, 0.3) is 0 Å². The molecule has 0 N–H and O–H groups in total. The quantitative estimate of drug-likeness (QED) is 0.408. The summed E-state index contributed by atoms with van der Waals surface area (Å²) in [4.78, 5) is 8.60. The molecule has 0 spiro atoms. The van der Waals surface area contributed by atoms with Gasteiger partial charge in [0.1, 0.15) is 11.4 Å². The molecular weight excluding hydrogens is 342 g/mol. The first-order valence-corrected chi connectivity index (χ1v) is 9.51. The van der Waals surface area contributed by atoms with E-state index in [1.807, 2.05) is 36.9 Å². The molecule has 2 aromatic heterocycles. The van der Waals surface area contributed by atoms with E-state index in [9.17, 15) is 0 Å². The van der Waals surface area contributed by atoms with E-state index in [0.29, 0.717) is 0 Å². The number of pyridine rings is 2. The number of fused-ring (bicyclic) bond motifs is 3. The highest BCUT2D eigenvalue weighted by molar-refractivity contribution is 5.99. The summed E-state index contributed by atoms with van der Waals surface area (Å²) in [6.45, 7) is 2.23. The fourth-order valence-corrected chi connectivity index (χ4v) is 4.40. The molecule has 1 aliphatic heterocycles. The topological polar surface area (TPSA) is 25.8 Å². The van der Waals surface area contributed by atoms with E-state index in [1.165, 1.54) is 39.2 Å². The summed E-state index contributed by atoms with van der Waals surface area (Å²) in [6.07, 6.45) is 7.51. The second-order valence-corrected chi connectivity index (χ2v) is 7.80. The molecule has 0 bridgehead atoms. The molecule has 4 aromatic rings. The van der Waals surface area contributed by atoms with E-state index in [-0.39, 0.29) is 0 Å². The summed E-state index contributed by atoms with van der Waals surface area (Å²) in [5.74, 6) is 0. The highest BCUT2D eigenvalue weighted by atomic mass is 15.3. The maximum atomic E-state index is 4.31. The van der Waals surface area contributed by atoms with Crippen molar-refractivity contribution in [3.05, 3.63) is 84.9 Å². The number of nitrogens with zero attached hydrogens (tertiary/aromatic N) is 3. The lowest BCUT2D eigenvalue weighted by Crippen LogP contribution is -2.31. The Morgan fingerprint density at radius 2 is 1.36 bits per heavy atom. The normalized spacial score (nSPS) is 13.8. The van der Waals surface area contributed by atoms with Crippen LogP contribution in [0.5, 0.6) is 0 Å². The third-order valence-corrected chi connectivity index (χ3v) is 5.88. The van der Waals surface area contributed by atoms with Crippen molar-refractivity contribution in [3.8, 4) is 33.4 Å². The molecule has 3 heteroatoms. The molecule has 2 aromatic carbocycles. The van der Waals surface area contributed by atoms with Crippen LogP contribution in [0.25, 0.3) is 33.4 Å². The summed E-state index contributed by atoms with van der Waals surface area (Å²) in [7, 11) is 4.52. The zero-order valence-corrected chi connectivity index (χ0v) is 16.3. The third-order valence-electron chi connectivity index (χ3n) is 5.88. The SMILES string of the molecule is Cc1c(-c2cccnc2)ccc2c1-c1cc(-c3cccnc3)ccc1[N+]2(C)C. The van der Waals surface area contributed by atoms with Crippen molar-refractivity contribution in [2.45, 2.75) is 6.92 Å². The number of rotatable bonds is 2. The minimum atomic E-state index is 0.756. The van der Waals surface area contributed by atoms with Crippen LogP contribution in [-0.4, -0.2) is 24.1 Å². The molecule has 5 rings (SSSR count). The van der Waals surface area contributed by atoms with Crippen LogP contribution in [0.1, 0.15) is 5.56 Å². The summed E-state index contributed by atoms with van der Waals surface area (Å²) >= 11 is 0. The Labute approximate surface area is 165 Å². The molecular formula is C25H22N3+. The lowest BCUT2D eigenvalue weighted by Gasteiger charge is -2.25. The molecule has 0 atom stereocenters. The van der Waals surface area contributed by atoms with Gasteiger partial charge >= 0.3 is 0 Å². The Balaban J connectivity index is 1.76. The number of benzene rings is 2. The van der Waals surface area contributed by atoms with Crippen LogP contribution < -0.4 is 4.48 Å². The Bertz CT molecular complexity index is 1180. The van der Waals surface area contributed by atoms with Crippen molar-refractivity contribution in [2.75, 3.05) is 14.1 Å². The van der Waals surface area contributed by atoms with Crippen LogP contribution in [-0.2, 0) is 0 Å². The molecule has 3 nitrogen and oxygen atoms in total. The van der Waals surface area contributed by atoms with E-state index >= 15 is 0 Å². The summed E-state index contributed by atoms with van der Waals surface area (Å²) < 4.78 is 0.756. The monoisotopic (exact) mass is 364 g/mol. The molecule has 0 fully saturated rings. The second kappa shape index (κ2) is 6.11. The Morgan fingerprint density at radius 1 is 0.679 bits per heavy atom. The number of hydrogen-bond donors (Lipinski definition) is 0. The maximum absolute atomic E-state index is 4.31. The van der Waals surface area contributed by atoms with Crippen molar-refractivity contribution in [3.63, 3.8) is 0 Å². The molecule has 1 aliphatic rings. The van der Waals surface area contributed by atoms with Gasteiger partial charge in [0.2, 0.25) is 0 Å². The van der Waals surface area contributed by atoms with Crippen molar-refractivity contribution in [2.24, 2.45) is 0 Å². The first-order valence-electron chi connectivity index (χ1n) is 9.51. The van der Waals surface area contributed by atoms with Gasteiger partial charge in [-0.05, 0) is 53.9 Å². The molecule has 0 amide bonds. The summed E-state index contributed by atoms with van der Waals surface area (Å²) in [6, 6.07) is 19.5. The molecule has 136 valence electrons. The Morgan fingerprint density at radius 3 is 2.04 bits per heavy atom. The van der Waals surface area contributed by atoms with Gasteiger partial charge in [-0.15, -0.1) is 0 Å². The molecule has 0 aliphatic carbocycles. The van der Waals surface area contributed by atoms with Gasteiger partial charge in [-0.1, -0.05) is 12.1 Å². The minimum absolute atomic E-state index is 0.756. The van der Waals surface area contributed by atoms with Gasteiger partial charge in [0.05, 0.1) is 25.2 Å². The van der Waals surface area contributed by atoms with Crippen molar-refractivity contribution >= 4 is 11.4 Å². The maximum Gasteiger partial charge on any atom is 0.145 e. The van der Waals surface area contributed by atoms with Crippen LogP contribution in [0.2, 0.25) is 0 Å². The first-order chi connectivity index (χ1) is 13.6. The largest absolute Gasteiger partial charge is 0.264 e. The van der Waals surface area contributed by atoms with E-state index in [1.54, 1.807) is 0 Å². The standard InChI is InChI=1S/C25H22N3/c1-17-21(20-7-5-13-27-16-20)9-11-24-25(17)22-14-18(19-6-4-12-26-15-19)8-10-23(22)28(24,2)3/h4-16H,1-3H3/q+1. The fourth-order valence-electron chi connectivity index (χ4n) is 4.40. The van der Waals surface area contributed by atoms with Gasteiger partial charge in [-0.2, -0.15) is 0 Å². The Kier molecular flexibility index (Phi) is 3.68. The number of aromatic nitrogens is 2. The van der Waals surface area contributed by atoms with E-state index in [2.05, 4.69) is 73.5 Å². The summed E-state index contributed by atoms with van der Waals surface area (Å²) in [5, 5.41) is 0. The minimum Gasteiger partial charge on any atom is -0.264 e. The average molecular weight is 364 g/mol. The van der Waals surface area contributed by atoms with Crippen LogP contribution in [0.4, 0.5) is 11.4 Å². The predicted octanol–water partition coefficient (Wildman–Crippen LogP) is 6.00. The fraction of sp³-hybridized carbons (Fsp3) is 0.120. The van der Waals surface area contributed by atoms with E-state index in [4.69, 9.17) is 0 Å². The van der Waals surface area contributed by atoms with Gasteiger partial charge in [-0.25, -0.2) is 0 Å². The molecule has 0 radical (unpaired) electrons. The second-order valence-electron chi connectivity index (χ2n) is 7.80. The molecule has 3 heterocycles. The van der Waals surface area contributed by atoms with Gasteiger partial charge in [0, 0.05) is 48.0 Å². The lowest BCUT2D eigenvalue weighted by atomic mass is 9.92.